The maximum Gasteiger partial charge on any atom is 0.225 e. The maximum atomic E-state index is 13.4. The summed E-state index contributed by atoms with van der Waals surface area (Å²) in [6.45, 7) is -0.412. The lowest BCUT2D eigenvalue weighted by Crippen LogP contribution is -2.48. The zero-order chi connectivity index (χ0) is 16.8. The number of aryl methyl sites for hydroxylation is 1. The molecule has 4 atom stereocenters. The van der Waals surface area contributed by atoms with Crippen molar-refractivity contribution in [2.24, 2.45) is 0 Å². The van der Waals surface area contributed by atoms with Crippen LogP contribution >= 0.6 is 0 Å². The van der Waals surface area contributed by atoms with Crippen LogP contribution in [0.2, 0.25) is 0 Å². The molecule has 3 rings (SSSR count). The van der Waals surface area contributed by atoms with Gasteiger partial charge in [-0.1, -0.05) is 0 Å². The van der Waals surface area contributed by atoms with Gasteiger partial charge in [-0.25, -0.2) is 13.9 Å². The Labute approximate surface area is 130 Å². The van der Waals surface area contributed by atoms with Gasteiger partial charge in [0.2, 0.25) is 5.60 Å². The summed E-state index contributed by atoms with van der Waals surface area (Å²) < 4.78 is 20.2. The van der Waals surface area contributed by atoms with E-state index in [4.69, 9.17) is 4.74 Å². The van der Waals surface area contributed by atoms with Crippen molar-refractivity contribution in [3.8, 4) is 6.07 Å². The summed E-state index contributed by atoms with van der Waals surface area (Å²) in [7, 11) is 0. The van der Waals surface area contributed by atoms with E-state index in [0.717, 1.165) is 0 Å². The van der Waals surface area contributed by atoms with Crippen LogP contribution in [0.15, 0.2) is 18.5 Å². The van der Waals surface area contributed by atoms with Gasteiger partial charge in [0.1, 0.15) is 31.3 Å². The highest BCUT2D eigenvalue weighted by Crippen LogP contribution is 2.45. The normalized spacial score (nSPS) is 33.9. The van der Waals surface area contributed by atoms with Crippen LogP contribution in [0.3, 0.4) is 0 Å². The van der Waals surface area contributed by atoms with Crippen molar-refractivity contribution in [1.82, 2.24) is 14.6 Å². The minimum Gasteiger partial charge on any atom is -0.393 e. The molecule has 23 heavy (non-hydrogen) atoms. The third-order valence-corrected chi connectivity index (χ3v) is 4.30. The second-order valence-corrected chi connectivity index (χ2v) is 5.56. The molecule has 0 aliphatic carbocycles. The van der Waals surface area contributed by atoms with Gasteiger partial charge in [0.25, 0.3) is 0 Å². The number of fused-ring (bicyclic) bond motifs is 1. The first kappa shape index (κ1) is 15.8. The smallest absolute Gasteiger partial charge is 0.225 e. The number of aliphatic hydroxyl groups is 3. The van der Waals surface area contributed by atoms with Crippen molar-refractivity contribution in [3.63, 3.8) is 0 Å². The number of nitriles is 1. The Kier molecular flexibility index (Phi) is 3.57. The molecule has 2 aromatic heterocycles. The highest BCUT2D eigenvalue weighted by atomic mass is 19.1. The first-order valence-electron chi connectivity index (χ1n) is 6.90. The standard InChI is InChI=1S/C14H15FN4O4/c1-8-9-2-3-10(19(9)18-7-17-8)14(5-16)12(22)11(21)13(4-15,6-20)23-14/h2-3,7,11-12,20-22H,4,6H2,1H3/t11-,12+,13+,14-/m0/s1. The van der Waals surface area contributed by atoms with Gasteiger partial charge in [0.15, 0.2) is 5.60 Å². The Morgan fingerprint density at radius 1 is 1.43 bits per heavy atom. The highest BCUT2D eigenvalue weighted by molar-refractivity contribution is 5.54. The van der Waals surface area contributed by atoms with Crippen molar-refractivity contribution in [2.75, 3.05) is 13.3 Å². The van der Waals surface area contributed by atoms with E-state index in [2.05, 4.69) is 10.1 Å². The topological polar surface area (TPSA) is 124 Å². The highest BCUT2D eigenvalue weighted by Gasteiger charge is 2.64. The van der Waals surface area contributed by atoms with Gasteiger partial charge in [-0.05, 0) is 19.1 Å². The van der Waals surface area contributed by atoms with Gasteiger partial charge in [-0.2, -0.15) is 10.4 Å². The molecule has 0 unspecified atom stereocenters. The molecule has 3 heterocycles. The fourth-order valence-electron chi connectivity index (χ4n) is 2.91. The van der Waals surface area contributed by atoms with Gasteiger partial charge >= 0.3 is 0 Å². The third kappa shape index (κ3) is 1.90. The van der Waals surface area contributed by atoms with E-state index in [9.17, 15) is 25.0 Å². The average molecular weight is 322 g/mol. The number of hydrogen-bond acceptors (Lipinski definition) is 7. The molecular weight excluding hydrogens is 307 g/mol. The lowest BCUT2D eigenvalue weighted by molar-refractivity contribution is -0.144. The molecule has 9 heteroatoms. The summed E-state index contributed by atoms with van der Waals surface area (Å²) in [4.78, 5) is 4.02. The molecule has 0 amide bonds. The molecule has 1 aliphatic rings. The number of rotatable bonds is 3. The first-order valence-corrected chi connectivity index (χ1v) is 6.90. The monoisotopic (exact) mass is 322 g/mol. The number of ether oxygens (including phenoxy) is 1. The number of nitrogens with zero attached hydrogens (tertiary/aromatic N) is 4. The van der Waals surface area contributed by atoms with Crippen LogP contribution in [0, 0.1) is 18.3 Å². The summed E-state index contributed by atoms with van der Waals surface area (Å²) in [5.74, 6) is 0. The van der Waals surface area contributed by atoms with Crippen molar-refractivity contribution in [2.45, 2.75) is 30.3 Å². The minimum atomic E-state index is -2.07. The predicted octanol–water partition coefficient (Wildman–Crippen LogP) is -0.791. The number of alkyl halides is 1. The van der Waals surface area contributed by atoms with E-state index >= 15 is 0 Å². The summed E-state index contributed by atoms with van der Waals surface area (Å²) in [6, 6.07) is 4.92. The quantitative estimate of drug-likeness (QED) is 0.676. The van der Waals surface area contributed by atoms with E-state index < -0.39 is 36.7 Å². The molecule has 2 aromatic rings. The van der Waals surface area contributed by atoms with Gasteiger partial charge in [0, 0.05) is 0 Å². The Morgan fingerprint density at radius 3 is 2.74 bits per heavy atom. The minimum absolute atomic E-state index is 0.121. The van der Waals surface area contributed by atoms with Gasteiger partial charge < -0.3 is 20.1 Å². The second kappa shape index (κ2) is 5.21. The van der Waals surface area contributed by atoms with E-state index in [0.29, 0.717) is 11.2 Å². The molecule has 3 N–H and O–H groups in total. The summed E-state index contributed by atoms with van der Waals surface area (Å²) in [5, 5.41) is 43.6. The number of aliphatic hydroxyl groups excluding tert-OH is 3. The van der Waals surface area contributed by atoms with Crippen LogP contribution in [-0.4, -0.2) is 61.0 Å². The van der Waals surface area contributed by atoms with Crippen molar-refractivity contribution < 1.29 is 24.4 Å². The van der Waals surface area contributed by atoms with Crippen LogP contribution in [0.25, 0.3) is 5.52 Å². The van der Waals surface area contributed by atoms with Crippen LogP contribution in [0.4, 0.5) is 4.39 Å². The van der Waals surface area contributed by atoms with E-state index in [1.54, 1.807) is 19.1 Å². The Balaban J connectivity index is 2.23. The summed E-state index contributed by atoms with van der Waals surface area (Å²) >= 11 is 0. The SMILES string of the molecule is Cc1ncnn2c([C@]3(C#N)O[C@@](CO)(CF)[C@@H](O)[C@H]3O)ccc12. The number of halogens is 1. The molecule has 0 spiro atoms. The largest absolute Gasteiger partial charge is 0.393 e. The Morgan fingerprint density at radius 2 is 2.17 bits per heavy atom. The third-order valence-electron chi connectivity index (χ3n) is 4.30. The molecule has 122 valence electrons. The summed E-state index contributed by atoms with van der Waals surface area (Å²) in [5.41, 5.74) is -2.81. The molecule has 0 saturated carbocycles. The number of aromatic nitrogens is 3. The van der Waals surface area contributed by atoms with Crippen molar-refractivity contribution in [1.29, 1.82) is 5.26 Å². The van der Waals surface area contributed by atoms with Crippen molar-refractivity contribution >= 4 is 5.52 Å². The molecule has 0 radical (unpaired) electrons. The van der Waals surface area contributed by atoms with Crippen LogP contribution in [0.5, 0.6) is 0 Å². The molecule has 0 bridgehead atoms. The fraction of sp³-hybridized carbons (Fsp3) is 0.500. The Bertz CT molecular complexity index is 785. The molecule has 0 aromatic carbocycles. The van der Waals surface area contributed by atoms with E-state index in [1.807, 2.05) is 0 Å². The van der Waals surface area contributed by atoms with Gasteiger partial charge in [0.05, 0.1) is 23.5 Å². The van der Waals surface area contributed by atoms with E-state index in [-0.39, 0.29) is 5.69 Å². The maximum absolute atomic E-state index is 13.4. The van der Waals surface area contributed by atoms with Crippen molar-refractivity contribution in [3.05, 3.63) is 29.8 Å². The molecule has 1 aliphatic heterocycles. The predicted molar refractivity (Wildman–Crippen MR) is 73.9 cm³/mol. The van der Waals surface area contributed by atoms with Crippen LogP contribution < -0.4 is 0 Å². The molecular formula is C14H15FN4O4. The van der Waals surface area contributed by atoms with Crippen LogP contribution in [-0.2, 0) is 10.3 Å². The van der Waals surface area contributed by atoms with Crippen LogP contribution in [0.1, 0.15) is 11.4 Å². The molecule has 8 nitrogen and oxygen atoms in total. The van der Waals surface area contributed by atoms with E-state index in [1.165, 1.54) is 16.9 Å². The lowest BCUT2D eigenvalue weighted by atomic mass is 9.89. The second-order valence-electron chi connectivity index (χ2n) is 5.56. The van der Waals surface area contributed by atoms with Gasteiger partial charge in [-0.15, -0.1) is 0 Å². The fourth-order valence-corrected chi connectivity index (χ4v) is 2.91. The zero-order valence-corrected chi connectivity index (χ0v) is 12.2. The molecule has 1 fully saturated rings. The lowest BCUT2D eigenvalue weighted by Gasteiger charge is -2.28. The summed E-state index contributed by atoms with van der Waals surface area (Å²) in [6.07, 6.45) is -2.27. The first-order chi connectivity index (χ1) is 11.0. The number of hydrogen-bond donors (Lipinski definition) is 3. The Hall–Kier alpha value is -2.12. The average Bonchev–Trinajstić information content (AvgIpc) is 3.09. The molecule has 1 saturated heterocycles. The zero-order valence-electron chi connectivity index (χ0n) is 12.2. The van der Waals surface area contributed by atoms with Gasteiger partial charge in [-0.3, -0.25) is 0 Å².